The van der Waals surface area contributed by atoms with Gasteiger partial charge in [-0.25, -0.2) is 4.98 Å². The maximum atomic E-state index is 3.96. The molecule has 66 valence electrons. The molecular formula is C9H15N3. The lowest BCUT2D eigenvalue weighted by atomic mass is 10.3. The van der Waals surface area contributed by atoms with Crippen LogP contribution < -0.4 is 5.32 Å². The molecule has 0 bridgehead atoms. The number of imidazole rings is 1. The number of likely N-dealkylation sites (N-methyl/N-ethyl adjacent to an activating group) is 1. The first-order valence-electron chi connectivity index (χ1n) is 4.16. The van der Waals surface area contributed by atoms with Crippen molar-refractivity contribution < 1.29 is 0 Å². The van der Waals surface area contributed by atoms with Crippen molar-refractivity contribution in [3.8, 4) is 0 Å². The third-order valence-corrected chi connectivity index (χ3v) is 1.59. The molecule has 1 aromatic rings. The van der Waals surface area contributed by atoms with E-state index in [9.17, 15) is 0 Å². The van der Waals surface area contributed by atoms with Crippen LogP contribution in [0.1, 0.15) is 6.92 Å². The van der Waals surface area contributed by atoms with E-state index in [1.165, 1.54) is 5.57 Å². The van der Waals surface area contributed by atoms with Gasteiger partial charge in [-0.05, 0) is 12.1 Å². The van der Waals surface area contributed by atoms with Gasteiger partial charge in [0.15, 0.2) is 0 Å². The van der Waals surface area contributed by atoms with E-state index < -0.39 is 0 Å². The summed E-state index contributed by atoms with van der Waals surface area (Å²) in [6, 6.07) is 0. The monoisotopic (exact) mass is 165 g/mol. The normalized spacial score (nSPS) is 10.1. The molecule has 1 N–H and O–H groups in total. The number of hydrogen-bond donors (Lipinski definition) is 1. The minimum Gasteiger partial charge on any atom is -0.333 e. The summed E-state index contributed by atoms with van der Waals surface area (Å²) in [6.07, 6.45) is 5.52. The van der Waals surface area contributed by atoms with E-state index in [1.54, 1.807) is 12.5 Å². The van der Waals surface area contributed by atoms with E-state index in [0.717, 1.165) is 19.6 Å². The Morgan fingerprint density at radius 2 is 2.50 bits per heavy atom. The van der Waals surface area contributed by atoms with Crippen LogP contribution in [-0.4, -0.2) is 22.6 Å². The van der Waals surface area contributed by atoms with Gasteiger partial charge in [0.05, 0.1) is 6.33 Å². The summed E-state index contributed by atoms with van der Waals surface area (Å²) in [5.74, 6) is 0. The molecule has 0 amide bonds. The van der Waals surface area contributed by atoms with Gasteiger partial charge in [-0.15, -0.1) is 0 Å². The number of nitrogens with zero attached hydrogens (tertiary/aromatic N) is 2. The Kier molecular flexibility index (Phi) is 3.54. The maximum Gasteiger partial charge on any atom is 0.0948 e. The maximum absolute atomic E-state index is 3.96. The molecule has 0 aliphatic rings. The Hall–Kier alpha value is -1.09. The van der Waals surface area contributed by atoms with Gasteiger partial charge >= 0.3 is 0 Å². The Balaban J connectivity index is 2.27. The van der Waals surface area contributed by atoms with Crippen molar-refractivity contribution in [1.82, 2.24) is 14.9 Å². The molecule has 0 fully saturated rings. The summed E-state index contributed by atoms with van der Waals surface area (Å²) in [4.78, 5) is 3.96. The predicted molar refractivity (Wildman–Crippen MR) is 49.9 cm³/mol. The molecule has 3 nitrogen and oxygen atoms in total. The predicted octanol–water partition coefficient (Wildman–Crippen LogP) is 1.05. The van der Waals surface area contributed by atoms with Crippen molar-refractivity contribution in [2.45, 2.75) is 13.5 Å². The average Bonchev–Trinajstić information content (AvgIpc) is 2.53. The zero-order valence-electron chi connectivity index (χ0n) is 7.45. The average molecular weight is 165 g/mol. The van der Waals surface area contributed by atoms with Gasteiger partial charge in [0.25, 0.3) is 0 Å². The Labute approximate surface area is 73.1 Å². The third-order valence-electron chi connectivity index (χ3n) is 1.59. The molecule has 12 heavy (non-hydrogen) atoms. The quantitative estimate of drug-likeness (QED) is 0.661. The van der Waals surface area contributed by atoms with E-state index in [2.05, 4.69) is 23.8 Å². The highest BCUT2D eigenvalue weighted by atomic mass is 15.0. The standard InChI is InChI=1S/C9H15N3/c1-3-10-6-9(2)7-12-5-4-11-8-12/h4-5,8,10H,2-3,6-7H2,1H3. The number of rotatable bonds is 5. The van der Waals surface area contributed by atoms with Crippen LogP contribution in [0.25, 0.3) is 0 Å². The lowest BCUT2D eigenvalue weighted by molar-refractivity contribution is 0.704. The zero-order chi connectivity index (χ0) is 8.81. The molecule has 0 saturated heterocycles. The van der Waals surface area contributed by atoms with E-state index in [1.807, 2.05) is 10.8 Å². The molecule has 0 atom stereocenters. The topological polar surface area (TPSA) is 29.9 Å². The summed E-state index contributed by atoms with van der Waals surface area (Å²) in [5.41, 5.74) is 1.18. The van der Waals surface area contributed by atoms with Gasteiger partial charge < -0.3 is 9.88 Å². The van der Waals surface area contributed by atoms with Crippen LogP contribution in [0.3, 0.4) is 0 Å². The van der Waals surface area contributed by atoms with E-state index in [4.69, 9.17) is 0 Å². The van der Waals surface area contributed by atoms with Crippen LogP contribution in [-0.2, 0) is 6.54 Å². The van der Waals surface area contributed by atoms with E-state index in [-0.39, 0.29) is 0 Å². The molecule has 0 saturated carbocycles. The fourth-order valence-corrected chi connectivity index (χ4v) is 0.996. The zero-order valence-corrected chi connectivity index (χ0v) is 7.45. The second-order valence-electron chi connectivity index (χ2n) is 2.77. The minimum absolute atomic E-state index is 0.854. The van der Waals surface area contributed by atoms with Crippen molar-refractivity contribution >= 4 is 0 Å². The molecule has 0 radical (unpaired) electrons. The second-order valence-corrected chi connectivity index (χ2v) is 2.77. The van der Waals surface area contributed by atoms with Gasteiger partial charge in [-0.3, -0.25) is 0 Å². The van der Waals surface area contributed by atoms with Crippen molar-refractivity contribution in [3.05, 3.63) is 30.9 Å². The molecule has 0 spiro atoms. The van der Waals surface area contributed by atoms with Gasteiger partial charge in [0.2, 0.25) is 0 Å². The van der Waals surface area contributed by atoms with Gasteiger partial charge in [0, 0.05) is 25.5 Å². The first-order chi connectivity index (χ1) is 5.83. The minimum atomic E-state index is 0.854. The highest BCUT2D eigenvalue weighted by Gasteiger charge is 1.93. The molecule has 1 heterocycles. The summed E-state index contributed by atoms with van der Waals surface area (Å²) in [5, 5.41) is 3.23. The lowest BCUT2D eigenvalue weighted by Crippen LogP contribution is -2.17. The summed E-state index contributed by atoms with van der Waals surface area (Å²) in [6.45, 7) is 8.77. The van der Waals surface area contributed by atoms with Crippen LogP contribution in [0.2, 0.25) is 0 Å². The molecule has 1 aromatic heterocycles. The summed E-state index contributed by atoms with van der Waals surface area (Å²) >= 11 is 0. The molecule has 1 rings (SSSR count). The first kappa shape index (κ1) is 9.00. The van der Waals surface area contributed by atoms with Crippen LogP contribution >= 0.6 is 0 Å². The second kappa shape index (κ2) is 4.72. The van der Waals surface area contributed by atoms with Crippen molar-refractivity contribution in [2.24, 2.45) is 0 Å². The smallest absolute Gasteiger partial charge is 0.0948 e. The Morgan fingerprint density at radius 1 is 1.67 bits per heavy atom. The van der Waals surface area contributed by atoms with Gasteiger partial charge in [0.1, 0.15) is 0 Å². The Bertz CT molecular complexity index is 226. The van der Waals surface area contributed by atoms with E-state index >= 15 is 0 Å². The molecule has 0 aliphatic carbocycles. The summed E-state index contributed by atoms with van der Waals surface area (Å²) < 4.78 is 2.01. The largest absolute Gasteiger partial charge is 0.333 e. The van der Waals surface area contributed by atoms with Crippen LogP contribution in [0.15, 0.2) is 30.9 Å². The highest BCUT2D eigenvalue weighted by molar-refractivity contribution is 4.97. The third kappa shape index (κ3) is 2.88. The van der Waals surface area contributed by atoms with E-state index in [0.29, 0.717) is 0 Å². The molecule has 0 aromatic carbocycles. The van der Waals surface area contributed by atoms with Crippen molar-refractivity contribution in [1.29, 1.82) is 0 Å². The van der Waals surface area contributed by atoms with Crippen LogP contribution in [0, 0.1) is 0 Å². The van der Waals surface area contributed by atoms with Gasteiger partial charge in [-0.2, -0.15) is 0 Å². The molecule has 3 heteroatoms. The van der Waals surface area contributed by atoms with Crippen molar-refractivity contribution in [2.75, 3.05) is 13.1 Å². The Morgan fingerprint density at radius 3 is 3.08 bits per heavy atom. The fourth-order valence-electron chi connectivity index (χ4n) is 0.996. The number of hydrogen-bond acceptors (Lipinski definition) is 2. The van der Waals surface area contributed by atoms with Crippen molar-refractivity contribution in [3.63, 3.8) is 0 Å². The number of aromatic nitrogens is 2. The summed E-state index contributed by atoms with van der Waals surface area (Å²) in [7, 11) is 0. The molecule has 0 aliphatic heterocycles. The van der Waals surface area contributed by atoms with Gasteiger partial charge in [-0.1, -0.05) is 13.5 Å². The SMILES string of the molecule is C=C(CNCC)Cn1ccnc1. The molecule has 0 unspecified atom stereocenters. The van der Waals surface area contributed by atoms with Crippen LogP contribution in [0.4, 0.5) is 0 Å². The fraction of sp³-hybridized carbons (Fsp3) is 0.444. The lowest BCUT2D eigenvalue weighted by Gasteiger charge is -2.06. The van der Waals surface area contributed by atoms with Crippen LogP contribution in [0.5, 0.6) is 0 Å². The molecular weight excluding hydrogens is 150 g/mol. The number of nitrogens with one attached hydrogen (secondary N) is 1. The first-order valence-corrected chi connectivity index (χ1v) is 4.16. The highest BCUT2D eigenvalue weighted by Crippen LogP contribution is 1.94.